The fourth-order valence-electron chi connectivity index (χ4n) is 2.78. The third-order valence-corrected chi connectivity index (χ3v) is 4.46. The van der Waals surface area contributed by atoms with Crippen molar-refractivity contribution in [1.82, 2.24) is 0 Å². The highest BCUT2D eigenvalue weighted by atomic mass is 16.5. The second kappa shape index (κ2) is 9.90. The van der Waals surface area contributed by atoms with Gasteiger partial charge in [-0.05, 0) is 60.5 Å². The average Bonchev–Trinajstić information content (AvgIpc) is 2.78. The first-order valence-electron chi connectivity index (χ1n) is 9.49. The number of nitriles is 1. The van der Waals surface area contributed by atoms with E-state index in [9.17, 15) is 14.9 Å². The van der Waals surface area contributed by atoms with E-state index >= 15 is 0 Å². The summed E-state index contributed by atoms with van der Waals surface area (Å²) in [5.41, 5.74) is 3.79. The van der Waals surface area contributed by atoms with Gasteiger partial charge in [-0.3, -0.25) is 4.79 Å². The topological polar surface area (TPSA) is 99.4 Å². The molecular weight excluding hydrogens is 392 g/mol. The molecule has 31 heavy (non-hydrogen) atoms. The van der Waals surface area contributed by atoms with Gasteiger partial charge in [0, 0.05) is 5.69 Å². The van der Waals surface area contributed by atoms with E-state index in [4.69, 9.17) is 9.84 Å². The number of amides is 1. The first-order chi connectivity index (χ1) is 14.9. The summed E-state index contributed by atoms with van der Waals surface area (Å²) in [5, 5.41) is 21.2. The van der Waals surface area contributed by atoms with Gasteiger partial charge in [0.05, 0.1) is 17.2 Å². The molecule has 3 rings (SSSR count). The van der Waals surface area contributed by atoms with Crippen LogP contribution in [0.2, 0.25) is 0 Å². The smallest absolute Gasteiger partial charge is 0.335 e. The first-order valence-corrected chi connectivity index (χ1v) is 9.49. The van der Waals surface area contributed by atoms with E-state index in [1.807, 2.05) is 31.2 Å². The lowest BCUT2D eigenvalue weighted by Crippen LogP contribution is -2.20. The Bertz CT molecular complexity index is 1140. The fourth-order valence-corrected chi connectivity index (χ4v) is 2.78. The number of benzene rings is 3. The fraction of sp³-hybridized carbons (Fsp3) is 0.0800. The molecule has 6 nitrogen and oxygen atoms in total. The molecule has 0 saturated heterocycles. The molecule has 6 heteroatoms. The number of ether oxygens (including phenoxy) is 1. The van der Waals surface area contributed by atoms with Crippen LogP contribution in [0.3, 0.4) is 0 Å². The number of hydrogen-bond donors (Lipinski definition) is 2. The number of anilines is 1. The van der Waals surface area contributed by atoms with Crippen LogP contribution in [0.5, 0.6) is 5.75 Å². The Morgan fingerprint density at radius 2 is 1.58 bits per heavy atom. The van der Waals surface area contributed by atoms with Crippen molar-refractivity contribution in [2.45, 2.75) is 6.92 Å². The summed E-state index contributed by atoms with van der Waals surface area (Å²) >= 11 is 0. The van der Waals surface area contributed by atoms with Gasteiger partial charge >= 0.3 is 5.97 Å². The zero-order valence-electron chi connectivity index (χ0n) is 16.8. The molecule has 0 fully saturated rings. The largest absolute Gasteiger partial charge is 0.484 e. The number of allylic oxidation sites excluding steroid dienone is 1. The van der Waals surface area contributed by atoms with E-state index in [0.717, 1.165) is 11.1 Å². The maximum absolute atomic E-state index is 12.0. The maximum Gasteiger partial charge on any atom is 0.335 e. The number of rotatable bonds is 7. The standard InChI is InChI=1S/C25H20N2O4/c1-17-2-10-22(11-3-17)27-24(28)16-31-23-12-4-18(5-13-23)14-21(15-26)19-6-8-20(9-7-19)25(29)30/h2-14H,16H2,1H3,(H,27,28)(H,29,30)/b21-14-. The van der Waals surface area contributed by atoms with Crippen molar-refractivity contribution in [1.29, 1.82) is 5.26 Å². The highest BCUT2D eigenvalue weighted by molar-refractivity contribution is 5.92. The molecule has 0 spiro atoms. The Hall–Kier alpha value is -4.37. The molecule has 0 aliphatic rings. The molecular formula is C25H20N2O4. The van der Waals surface area contributed by atoms with E-state index in [2.05, 4.69) is 11.4 Å². The van der Waals surface area contributed by atoms with Crippen molar-refractivity contribution in [2.75, 3.05) is 11.9 Å². The Labute approximate surface area is 180 Å². The summed E-state index contributed by atoms with van der Waals surface area (Å²) in [5.74, 6) is -0.748. The van der Waals surface area contributed by atoms with Gasteiger partial charge < -0.3 is 15.2 Å². The van der Waals surface area contributed by atoms with Gasteiger partial charge in [0.1, 0.15) is 5.75 Å². The molecule has 3 aromatic carbocycles. The number of carbonyl (C=O) groups excluding carboxylic acids is 1. The highest BCUT2D eigenvalue weighted by Gasteiger charge is 2.06. The van der Waals surface area contributed by atoms with Gasteiger partial charge in [-0.15, -0.1) is 0 Å². The zero-order chi connectivity index (χ0) is 22.2. The van der Waals surface area contributed by atoms with E-state index < -0.39 is 5.97 Å². The molecule has 0 aliphatic heterocycles. The van der Waals surface area contributed by atoms with Crippen LogP contribution in [0.15, 0.2) is 72.8 Å². The van der Waals surface area contributed by atoms with Crippen molar-refractivity contribution in [3.05, 3.63) is 95.1 Å². The minimum atomic E-state index is -1.02. The van der Waals surface area contributed by atoms with Crippen LogP contribution in [-0.4, -0.2) is 23.6 Å². The Morgan fingerprint density at radius 1 is 0.968 bits per heavy atom. The Morgan fingerprint density at radius 3 is 2.16 bits per heavy atom. The van der Waals surface area contributed by atoms with Gasteiger partial charge in [0.2, 0.25) is 0 Å². The summed E-state index contributed by atoms with van der Waals surface area (Å²) in [7, 11) is 0. The number of carbonyl (C=O) groups is 2. The summed E-state index contributed by atoms with van der Waals surface area (Å²) in [6, 6.07) is 22.7. The molecule has 0 saturated carbocycles. The molecule has 0 atom stereocenters. The zero-order valence-corrected chi connectivity index (χ0v) is 16.8. The van der Waals surface area contributed by atoms with Crippen LogP contribution < -0.4 is 10.1 Å². The van der Waals surface area contributed by atoms with Gasteiger partial charge in [-0.1, -0.05) is 42.0 Å². The van der Waals surface area contributed by atoms with Crippen molar-refractivity contribution in [2.24, 2.45) is 0 Å². The van der Waals surface area contributed by atoms with Crippen molar-refractivity contribution in [3.8, 4) is 11.8 Å². The molecule has 1 amide bonds. The quantitative estimate of drug-likeness (QED) is 0.430. The molecule has 0 aromatic heterocycles. The van der Waals surface area contributed by atoms with Crippen LogP contribution >= 0.6 is 0 Å². The van der Waals surface area contributed by atoms with Crippen LogP contribution in [-0.2, 0) is 4.79 Å². The van der Waals surface area contributed by atoms with Gasteiger partial charge in [0.25, 0.3) is 5.91 Å². The molecule has 0 radical (unpaired) electrons. The summed E-state index contributed by atoms with van der Waals surface area (Å²) < 4.78 is 5.52. The molecule has 3 aromatic rings. The van der Waals surface area contributed by atoms with Crippen molar-refractivity contribution in [3.63, 3.8) is 0 Å². The van der Waals surface area contributed by atoms with Gasteiger partial charge in [-0.25, -0.2) is 4.79 Å². The molecule has 0 aliphatic carbocycles. The summed E-state index contributed by atoms with van der Waals surface area (Å²) in [6.45, 7) is 1.85. The number of aryl methyl sites for hydroxylation is 1. The number of hydrogen-bond acceptors (Lipinski definition) is 4. The van der Waals surface area contributed by atoms with Crippen LogP contribution in [0, 0.1) is 18.3 Å². The minimum Gasteiger partial charge on any atom is -0.484 e. The normalized spacial score (nSPS) is 10.8. The summed E-state index contributed by atoms with van der Waals surface area (Å²) in [4.78, 5) is 23.0. The summed E-state index contributed by atoms with van der Waals surface area (Å²) in [6.07, 6.45) is 1.70. The predicted molar refractivity (Wildman–Crippen MR) is 119 cm³/mol. The Balaban J connectivity index is 1.60. The van der Waals surface area contributed by atoms with E-state index in [1.54, 1.807) is 42.5 Å². The van der Waals surface area contributed by atoms with Crippen molar-refractivity contribution >= 4 is 29.2 Å². The number of nitrogens with zero attached hydrogens (tertiary/aromatic N) is 1. The van der Waals surface area contributed by atoms with Crippen molar-refractivity contribution < 1.29 is 19.4 Å². The number of carboxylic acids is 1. The predicted octanol–water partition coefficient (Wildman–Crippen LogP) is 4.77. The number of aromatic carboxylic acids is 1. The molecule has 0 unspecified atom stereocenters. The second-order valence-electron chi connectivity index (χ2n) is 6.82. The molecule has 0 bridgehead atoms. The second-order valence-corrected chi connectivity index (χ2v) is 6.82. The third-order valence-electron chi connectivity index (χ3n) is 4.46. The highest BCUT2D eigenvalue weighted by Crippen LogP contribution is 2.20. The average molecular weight is 412 g/mol. The van der Waals surface area contributed by atoms with E-state index in [1.165, 1.54) is 12.1 Å². The lowest BCUT2D eigenvalue weighted by Gasteiger charge is -2.08. The molecule has 0 heterocycles. The van der Waals surface area contributed by atoms with Crippen LogP contribution in [0.1, 0.15) is 27.0 Å². The molecule has 154 valence electrons. The number of nitrogens with one attached hydrogen (secondary N) is 1. The lowest BCUT2D eigenvalue weighted by molar-refractivity contribution is -0.118. The monoisotopic (exact) mass is 412 g/mol. The van der Waals surface area contributed by atoms with E-state index in [-0.39, 0.29) is 18.1 Å². The van der Waals surface area contributed by atoms with Crippen LogP contribution in [0.25, 0.3) is 11.6 Å². The minimum absolute atomic E-state index is 0.123. The first kappa shape index (κ1) is 21.3. The molecule has 2 N–H and O–H groups in total. The Kier molecular flexibility index (Phi) is 6.82. The van der Waals surface area contributed by atoms with E-state index in [0.29, 0.717) is 22.6 Å². The van der Waals surface area contributed by atoms with Crippen LogP contribution in [0.4, 0.5) is 5.69 Å². The maximum atomic E-state index is 12.0. The van der Waals surface area contributed by atoms with Gasteiger partial charge in [0.15, 0.2) is 6.61 Å². The SMILES string of the molecule is Cc1ccc(NC(=O)COc2ccc(/C=C(/C#N)c3ccc(C(=O)O)cc3)cc2)cc1. The number of carboxylic acid groups (broad SMARTS) is 1. The van der Waals surface area contributed by atoms with Gasteiger partial charge in [-0.2, -0.15) is 5.26 Å². The third kappa shape index (κ3) is 6.05. The lowest BCUT2D eigenvalue weighted by atomic mass is 10.0.